The molecule has 2 aromatic carbocycles. The Labute approximate surface area is 144 Å². The molecule has 0 fully saturated rings. The first-order valence-electron chi connectivity index (χ1n) is 7.30. The zero-order valence-electron chi connectivity index (χ0n) is 14.0. The number of carbonyl (C=O) groups excluding carboxylic acids is 1. The van der Waals surface area contributed by atoms with E-state index in [2.05, 4.69) is 14.7 Å². The van der Waals surface area contributed by atoms with Crippen LogP contribution in [0.4, 0.5) is 21.9 Å². The van der Waals surface area contributed by atoms with Crippen LogP contribution >= 0.6 is 0 Å². The summed E-state index contributed by atoms with van der Waals surface area (Å²) >= 11 is 0. The maximum absolute atomic E-state index is 10.9. The van der Waals surface area contributed by atoms with Crippen molar-refractivity contribution in [1.29, 1.82) is 0 Å². The van der Waals surface area contributed by atoms with E-state index in [1.165, 1.54) is 19.2 Å². The highest BCUT2D eigenvalue weighted by atomic mass is 16.8. The summed E-state index contributed by atoms with van der Waals surface area (Å²) in [5.74, 6) is 0. The van der Waals surface area contributed by atoms with Crippen molar-refractivity contribution in [1.82, 2.24) is 0 Å². The molecule has 0 aliphatic rings. The lowest BCUT2D eigenvalue weighted by Crippen LogP contribution is -2.09. The minimum absolute atomic E-state index is 0.0462. The van der Waals surface area contributed by atoms with Crippen LogP contribution in [0.5, 0.6) is 0 Å². The molecule has 0 atom stereocenters. The lowest BCUT2D eigenvalue weighted by Gasteiger charge is -2.19. The SMILES string of the molecule is COC(=O)ON=C(C)c1ccc(N(C)c2ccc([N+](=O)[O-])cc2)cc1. The first-order chi connectivity index (χ1) is 11.9. The third-order valence-corrected chi connectivity index (χ3v) is 3.54. The monoisotopic (exact) mass is 343 g/mol. The van der Waals surface area contributed by atoms with Crippen molar-refractivity contribution >= 4 is 28.9 Å². The standard InChI is InChI=1S/C17H17N3O5/c1-12(18-25-17(21)24-3)13-4-6-14(7-5-13)19(2)15-8-10-16(11-9-15)20(22)23/h4-11H,1-3H3. The van der Waals surface area contributed by atoms with Crippen molar-refractivity contribution < 1.29 is 19.3 Å². The third kappa shape index (κ3) is 4.54. The zero-order valence-corrected chi connectivity index (χ0v) is 14.0. The Morgan fingerprint density at radius 3 is 2.08 bits per heavy atom. The van der Waals surface area contributed by atoms with E-state index in [0.29, 0.717) is 5.71 Å². The van der Waals surface area contributed by atoms with Crippen LogP contribution in [0, 0.1) is 10.1 Å². The van der Waals surface area contributed by atoms with Gasteiger partial charge in [0.15, 0.2) is 0 Å². The number of nitrogens with zero attached hydrogens (tertiary/aromatic N) is 3. The summed E-state index contributed by atoms with van der Waals surface area (Å²) in [7, 11) is 3.06. The Bertz CT molecular complexity index is 785. The lowest BCUT2D eigenvalue weighted by molar-refractivity contribution is -0.384. The van der Waals surface area contributed by atoms with Crippen molar-refractivity contribution in [2.45, 2.75) is 6.92 Å². The van der Waals surface area contributed by atoms with Crippen LogP contribution in [0.3, 0.4) is 0 Å². The summed E-state index contributed by atoms with van der Waals surface area (Å²) in [6, 6.07) is 13.7. The first-order valence-corrected chi connectivity index (χ1v) is 7.30. The van der Waals surface area contributed by atoms with Crippen molar-refractivity contribution in [3.63, 3.8) is 0 Å². The van der Waals surface area contributed by atoms with E-state index in [0.717, 1.165) is 16.9 Å². The van der Waals surface area contributed by atoms with E-state index in [-0.39, 0.29) is 5.69 Å². The van der Waals surface area contributed by atoms with Gasteiger partial charge in [-0.2, -0.15) is 0 Å². The number of methoxy groups -OCH3 is 1. The molecule has 0 spiro atoms. The summed E-state index contributed by atoms with van der Waals surface area (Å²) in [6.07, 6.45) is -0.881. The van der Waals surface area contributed by atoms with Crippen LogP contribution in [-0.2, 0) is 9.57 Å². The highest BCUT2D eigenvalue weighted by Crippen LogP contribution is 2.25. The molecule has 2 rings (SSSR count). The second-order valence-corrected chi connectivity index (χ2v) is 5.10. The molecule has 25 heavy (non-hydrogen) atoms. The largest absolute Gasteiger partial charge is 0.534 e. The quantitative estimate of drug-likeness (QED) is 0.269. The number of oxime groups is 1. The number of rotatable bonds is 5. The number of nitro groups is 1. The smallest absolute Gasteiger partial charge is 0.436 e. The van der Waals surface area contributed by atoms with E-state index >= 15 is 0 Å². The van der Waals surface area contributed by atoms with Crippen LogP contribution in [0.2, 0.25) is 0 Å². The number of hydrogen-bond donors (Lipinski definition) is 0. The van der Waals surface area contributed by atoms with E-state index in [9.17, 15) is 14.9 Å². The van der Waals surface area contributed by atoms with Gasteiger partial charge in [-0.3, -0.25) is 15.0 Å². The Balaban J connectivity index is 2.13. The molecule has 0 N–H and O–H groups in total. The summed E-state index contributed by atoms with van der Waals surface area (Å²) in [5.41, 5.74) is 3.06. The number of non-ortho nitro benzene ring substituents is 1. The van der Waals surface area contributed by atoms with Crippen molar-refractivity contribution in [2.75, 3.05) is 19.1 Å². The van der Waals surface area contributed by atoms with E-state index in [4.69, 9.17) is 0 Å². The average molecular weight is 343 g/mol. The molecule has 0 unspecified atom stereocenters. The number of anilines is 2. The van der Waals surface area contributed by atoms with Gasteiger partial charge in [0, 0.05) is 30.6 Å². The second-order valence-electron chi connectivity index (χ2n) is 5.10. The van der Waals surface area contributed by atoms with Gasteiger partial charge in [-0.05, 0) is 36.8 Å². The number of nitro benzene ring substituents is 1. The summed E-state index contributed by atoms with van der Waals surface area (Å²) < 4.78 is 4.34. The van der Waals surface area contributed by atoms with Gasteiger partial charge >= 0.3 is 6.16 Å². The molecule has 0 amide bonds. The number of benzene rings is 2. The predicted molar refractivity (Wildman–Crippen MR) is 93.3 cm³/mol. The van der Waals surface area contributed by atoms with Crippen LogP contribution in [0.15, 0.2) is 53.7 Å². The first kappa shape index (κ1) is 17.9. The van der Waals surface area contributed by atoms with Gasteiger partial charge in [0.1, 0.15) is 0 Å². The minimum atomic E-state index is -0.881. The topological polar surface area (TPSA) is 94.3 Å². The van der Waals surface area contributed by atoms with Crippen molar-refractivity contribution in [3.05, 3.63) is 64.2 Å². The molecular weight excluding hydrogens is 326 g/mol. The third-order valence-electron chi connectivity index (χ3n) is 3.54. The fourth-order valence-corrected chi connectivity index (χ4v) is 2.07. The fourth-order valence-electron chi connectivity index (χ4n) is 2.07. The van der Waals surface area contributed by atoms with Crippen LogP contribution < -0.4 is 4.90 Å². The van der Waals surface area contributed by atoms with Crippen LogP contribution in [0.25, 0.3) is 0 Å². The van der Waals surface area contributed by atoms with Gasteiger partial charge in [0.25, 0.3) is 5.69 Å². The minimum Gasteiger partial charge on any atom is -0.436 e. The maximum Gasteiger partial charge on any atom is 0.534 e. The van der Waals surface area contributed by atoms with Gasteiger partial charge < -0.3 is 9.64 Å². The number of ether oxygens (including phenoxy) is 1. The van der Waals surface area contributed by atoms with Gasteiger partial charge in [-0.1, -0.05) is 17.3 Å². The normalized spacial score (nSPS) is 10.9. The lowest BCUT2D eigenvalue weighted by atomic mass is 10.1. The van der Waals surface area contributed by atoms with Crippen molar-refractivity contribution in [2.24, 2.45) is 5.16 Å². The molecule has 0 bridgehead atoms. The molecule has 0 radical (unpaired) electrons. The Kier molecular flexibility index (Phi) is 5.67. The molecule has 0 aliphatic heterocycles. The Morgan fingerprint density at radius 2 is 1.60 bits per heavy atom. The van der Waals surface area contributed by atoms with Crippen molar-refractivity contribution in [3.8, 4) is 0 Å². The van der Waals surface area contributed by atoms with Crippen LogP contribution in [-0.4, -0.2) is 30.9 Å². The van der Waals surface area contributed by atoms with E-state index in [1.807, 2.05) is 36.2 Å². The molecule has 0 heterocycles. The highest BCUT2D eigenvalue weighted by molar-refractivity contribution is 5.98. The molecule has 8 heteroatoms. The van der Waals surface area contributed by atoms with Gasteiger partial charge in [0.05, 0.1) is 17.7 Å². The summed E-state index contributed by atoms with van der Waals surface area (Å²) in [6.45, 7) is 1.71. The van der Waals surface area contributed by atoms with Gasteiger partial charge in [0.2, 0.25) is 0 Å². The molecule has 2 aromatic rings. The predicted octanol–water partition coefficient (Wildman–Crippen LogP) is 3.87. The second kappa shape index (κ2) is 7.91. The Morgan fingerprint density at radius 1 is 1.08 bits per heavy atom. The van der Waals surface area contributed by atoms with Gasteiger partial charge in [-0.25, -0.2) is 4.79 Å². The number of hydrogen-bond acceptors (Lipinski definition) is 7. The molecule has 0 saturated heterocycles. The zero-order chi connectivity index (χ0) is 18.4. The summed E-state index contributed by atoms with van der Waals surface area (Å²) in [4.78, 5) is 27.6. The molecule has 0 saturated carbocycles. The molecule has 8 nitrogen and oxygen atoms in total. The summed E-state index contributed by atoms with van der Waals surface area (Å²) in [5, 5.41) is 14.4. The molecule has 0 aliphatic carbocycles. The molecule has 130 valence electrons. The fraction of sp³-hybridized carbons (Fsp3) is 0.176. The van der Waals surface area contributed by atoms with E-state index in [1.54, 1.807) is 19.1 Å². The molecule has 0 aromatic heterocycles. The molecular formula is C17H17N3O5. The number of carbonyl (C=O) groups is 1. The average Bonchev–Trinajstić information content (AvgIpc) is 2.65. The maximum atomic E-state index is 10.9. The van der Waals surface area contributed by atoms with Crippen LogP contribution in [0.1, 0.15) is 12.5 Å². The van der Waals surface area contributed by atoms with E-state index < -0.39 is 11.1 Å². The van der Waals surface area contributed by atoms with Gasteiger partial charge in [-0.15, -0.1) is 0 Å². The highest BCUT2D eigenvalue weighted by Gasteiger charge is 2.09. The Hall–Kier alpha value is -3.42.